The lowest BCUT2D eigenvalue weighted by Crippen LogP contribution is -2.08. The van der Waals surface area contributed by atoms with E-state index in [-0.39, 0.29) is 5.91 Å². The van der Waals surface area contributed by atoms with Crippen molar-refractivity contribution in [1.82, 2.24) is 0 Å². The molecule has 0 saturated carbocycles. The Hall–Kier alpha value is -3.73. The molecule has 0 bridgehead atoms. The lowest BCUT2D eigenvalue weighted by atomic mass is 10.2. The third-order valence-electron chi connectivity index (χ3n) is 3.95. The van der Waals surface area contributed by atoms with Gasteiger partial charge in [0.05, 0.1) is 19.9 Å². The Morgan fingerprint density at radius 2 is 1.54 bits per heavy atom. The number of rotatable bonds is 7. The smallest absolute Gasteiger partial charge is 0.248 e. The molecule has 28 heavy (non-hydrogen) atoms. The molecule has 1 amide bonds. The van der Waals surface area contributed by atoms with Crippen LogP contribution in [0, 0.1) is 0 Å². The highest BCUT2D eigenvalue weighted by atomic mass is 16.5. The van der Waals surface area contributed by atoms with Gasteiger partial charge in [0.15, 0.2) is 17.2 Å². The van der Waals surface area contributed by atoms with E-state index in [9.17, 15) is 4.79 Å². The first-order valence-corrected chi connectivity index (χ1v) is 8.72. The molecule has 5 nitrogen and oxygen atoms in total. The van der Waals surface area contributed by atoms with Gasteiger partial charge in [-0.15, -0.1) is 0 Å². The fourth-order valence-electron chi connectivity index (χ4n) is 2.58. The summed E-state index contributed by atoms with van der Waals surface area (Å²) in [6.45, 7) is 0. The Balaban J connectivity index is 1.71. The number of methoxy groups -OCH3 is 2. The minimum Gasteiger partial charge on any atom is -0.493 e. The van der Waals surface area contributed by atoms with Crippen molar-refractivity contribution in [3.8, 4) is 23.0 Å². The van der Waals surface area contributed by atoms with Gasteiger partial charge in [0.25, 0.3) is 0 Å². The summed E-state index contributed by atoms with van der Waals surface area (Å²) in [6.07, 6.45) is 3.17. The summed E-state index contributed by atoms with van der Waals surface area (Å²) in [5.74, 6) is 2.24. The number of benzene rings is 3. The Morgan fingerprint density at radius 3 is 2.29 bits per heavy atom. The quantitative estimate of drug-likeness (QED) is 0.581. The van der Waals surface area contributed by atoms with E-state index in [1.807, 2.05) is 48.5 Å². The van der Waals surface area contributed by atoms with Gasteiger partial charge in [-0.2, -0.15) is 0 Å². The maximum atomic E-state index is 12.4. The number of carbonyl (C=O) groups is 1. The zero-order chi connectivity index (χ0) is 19.8. The summed E-state index contributed by atoms with van der Waals surface area (Å²) in [5.41, 5.74) is 1.41. The van der Waals surface area contributed by atoms with Gasteiger partial charge in [-0.3, -0.25) is 4.79 Å². The van der Waals surface area contributed by atoms with Crippen LogP contribution in [0.3, 0.4) is 0 Å². The summed E-state index contributed by atoms with van der Waals surface area (Å²) in [6, 6.07) is 22.1. The molecule has 0 aliphatic rings. The lowest BCUT2D eigenvalue weighted by Gasteiger charge is -2.11. The second-order valence-corrected chi connectivity index (χ2v) is 5.85. The van der Waals surface area contributed by atoms with Crippen molar-refractivity contribution in [2.75, 3.05) is 19.5 Å². The number of carbonyl (C=O) groups excluding carboxylic acids is 1. The molecule has 3 rings (SSSR count). The van der Waals surface area contributed by atoms with Gasteiger partial charge in [-0.25, -0.2) is 0 Å². The molecule has 0 atom stereocenters. The topological polar surface area (TPSA) is 56.8 Å². The van der Waals surface area contributed by atoms with Crippen LogP contribution < -0.4 is 19.5 Å². The summed E-state index contributed by atoms with van der Waals surface area (Å²) < 4.78 is 16.4. The van der Waals surface area contributed by atoms with Crippen LogP contribution in [0.25, 0.3) is 6.08 Å². The minimum atomic E-state index is -0.265. The van der Waals surface area contributed by atoms with Crippen molar-refractivity contribution >= 4 is 17.7 Å². The highest BCUT2D eigenvalue weighted by Gasteiger charge is 2.07. The van der Waals surface area contributed by atoms with E-state index in [1.165, 1.54) is 6.08 Å². The molecule has 3 aromatic rings. The molecule has 142 valence electrons. The van der Waals surface area contributed by atoms with Crippen molar-refractivity contribution in [3.63, 3.8) is 0 Å². The monoisotopic (exact) mass is 375 g/mol. The average Bonchev–Trinajstić information content (AvgIpc) is 2.74. The predicted octanol–water partition coefficient (Wildman–Crippen LogP) is 5.15. The van der Waals surface area contributed by atoms with Crippen LogP contribution in [0.2, 0.25) is 0 Å². The van der Waals surface area contributed by atoms with E-state index in [0.717, 1.165) is 5.56 Å². The highest BCUT2D eigenvalue weighted by molar-refractivity contribution is 6.02. The first-order valence-electron chi connectivity index (χ1n) is 8.72. The molecule has 0 aromatic heterocycles. The van der Waals surface area contributed by atoms with E-state index in [1.54, 1.807) is 44.6 Å². The number of para-hydroxylation sites is 3. The number of hydrogen-bond donors (Lipinski definition) is 1. The van der Waals surface area contributed by atoms with Crippen LogP contribution >= 0.6 is 0 Å². The van der Waals surface area contributed by atoms with Crippen LogP contribution in [-0.2, 0) is 4.79 Å². The van der Waals surface area contributed by atoms with Gasteiger partial charge in [-0.05, 0) is 48.0 Å². The van der Waals surface area contributed by atoms with Gasteiger partial charge < -0.3 is 19.5 Å². The number of anilines is 1. The molecule has 3 aromatic carbocycles. The third-order valence-corrected chi connectivity index (χ3v) is 3.95. The van der Waals surface area contributed by atoms with Gasteiger partial charge in [0, 0.05) is 6.08 Å². The maximum Gasteiger partial charge on any atom is 0.248 e. The zero-order valence-corrected chi connectivity index (χ0v) is 15.7. The van der Waals surface area contributed by atoms with Crippen LogP contribution in [-0.4, -0.2) is 20.1 Å². The summed E-state index contributed by atoms with van der Waals surface area (Å²) in [4.78, 5) is 12.4. The molecule has 0 saturated heterocycles. The molecule has 0 fully saturated rings. The van der Waals surface area contributed by atoms with Crippen LogP contribution in [0.4, 0.5) is 5.69 Å². The van der Waals surface area contributed by atoms with Crippen molar-refractivity contribution in [2.45, 2.75) is 0 Å². The largest absolute Gasteiger partial charge is 0.493 e. The van der Waals surface area contributed by atoms with E-state index in [2.05, 4.69) is 5.32 Å². The SMILES string of the molecule is COc1ccc(/C=C/C(=O)Nc2ccccc2Oc2ccccc2)cc1OC. The van der Waals surface area contributed by atoms with Gasteiger partial charge >= 0.3 is 0 Å². The van der Waals surface area contributed by atoms with Crippen molar-refractivity contribution < 1.29 is 19.0 Å². The average molecular weight is 375 g/mol. The van der Waals surface area contributed by atoms with E-state index < -0.39 is 0 Å². The second kappa shape index (κ2) is 9.28. The Bertz CT molecular complexity index is 967. The highest BCUT2D eigenvalue weighted by Crippen LogP contribution is 2.30. The van der Waals surface area contributed by atoms with E-state index >= 15 is 0 Å². The molecular weight excluding hydrogens is 354 g/mol. The fourth-order valence-corrected chi connectivity index (χ4v) is 2.58. The number of hydrogen-bond acceptors (Lipinski definition) is 4. The number of amides is 1. The molecule has 0 unspecified atom stereocenters. The Kier molecular flexibility index (Phi) is 6.31. The lowest BCUT2D eigenvalue weighted by molar-refractivity contribution is -0.111. The maximum absolute atomic E-state index is 12.4. The third kappa shape index (κ3) is 4.92. The van der Waals surface area contributed by atoms with Gasteiger partial charge in [0.2, 0.25) is 5.91 Å². The van der Waals surface area contributed by atoms with Crippen LogP contribution in [0.1, 0.15) is 5.56 Å². The van der Waals surface area contributed by atoms with Gasteiger partial charge in [-0.1, -0.05) is 36.4 Å². The summed E-state index contributed by atoms with van der Waals surface area (Å²) in [7, 11) is 3.15. The number of ether oxygens (including phenoxy) is 3. The van der Waals surface area contributed by atoms with Gasteiger partial charge in [0.1, 0.15) is 5.75 Å². The van der Waals surface area contributed by atoms with Crippen LogP contribution in [0.15, 0.2) is 78.9 Å². The van der Waals surface area contributed by atoms with Crippen LogP contribution in [0.5, 0.6) is 23.0 Å². The minimum absolute atomic E-state index is 0.265. The molecule has 0 aliphatic carbocycles. The molecular formula is C23H21NO4. The first-order chi connectivity index (χ1) is 13.7. The molecule has 0 heterocycles. The standard InChI is InChI=1S/C23H21NO4/c1-26-21-14-12-17(16-22(21)27-2)13-15-23(25)24-19-10-6-7-11-20(19)28-18-8-4-3-5-9-18/h3-16H,1-2H3,(H,24,25)/b15-13+. The summed E-state index contributed by atoms with van der Waals surface area (Å²) in [5, 5.41) is 2.85. The molecule has 1 N–H and O–H groups in total. The van der Waals surface area contributed by atoms with Crippen molar-refractivity contribution in [1.29, 1.82) is 0 Å². The zero-order valence-electron chi connectivity index (χ0n) is 15.7. The first kappa shape index (κ1) is 19.0. The molecule has 5 heteroatoms. The predicted molar refractivity (Wildman–Crippen MR) is 110 cm³/mol. The van der Waals surface area contributed by atoms with E-state index in [0.29, 0.717) is 28.7 Å². The normalized spacial score (nSPS) is 10.5. The molecule has 0 radical (unpaired) electrons. The number of nitrogens with one attached hydrogen (secondary N) is 1. The summed E-state index contributed by atoms with van der Waals surface area (Å²) >= 11 is 0. The van der Waals surface area contributed by atoms with Crippen molar-refractivity contribution in [2.24, 2.45) is 0 Å². The Morgan fingerprint density at radius 1 is 0.821 bits per heavy atom. The van der Waals surface area contributed by atoms with Crippen molar-refractivity contribution in [3.05, 3.63) is 84.4 Å². The fraction of sp³-hybridized carbons (Fsp3) is 0.0870. The molecule has 0 aliphatic heterocycles. The Labute approximate surface area is 164 Å². The molecule has 0 spiro atoms. The second-order valence-electron chi connectivity index (χ2n) is 5.85. The van der Waals surface area contributed by atoms with E-state index in [4.69, 9.17) is 14.2 Å².